The summed E-state index contributed by atoms with van der Waals surface area (Å²) in [5, 5.41) is 0. The zero-order valence-electron chi connectivity index (χ0n) is 15.5. The molecule has 0 N–H and O–H groups in total. The van der Waals surface area contributed by atoms with Crippen molar-refractivity contribution in [3.8, 4) is 0 Å². The van der Waals surface area contributed by atoms with E-state index in [0.717, 1.165) is 26.1 Å². The Balaban J connectivity index is 1.46. The van der Waals surface area contributed by atoms with E-state index >= 15 is 0 Å². The van der Waals surface area contributed by atoms with Gasteiger partial charge < -0.3 is 9.47 Å². The van der Waals surface area contributed by atoms with Crippen molar-refractivity contribution in [2.45, 2.75) is 77.6 Å². The minimum atomic E-state index is 0.411. The lowest BCUT2D eigenvalue weighted by Crippen LogP contribution is -2.14. The third-order valence-corrected chi connectivity index (χ3v) is 4.85. The second-order valence-electron chi connectivity index (χ2n) is 7.41. The molecule has 0 spiro atoms. The highest BCUT2D eigenvalue weighted by Gasteiger charge is 2.31. The summed E-state index contributed by atoms with van der Waals surface area (Å²) >= 11 is 0. The Morgan fingerprint density at radius 2 is 1.92 bits per heavy atom. The van der Waals surface area contributed by atoms with Crippen LogP contribution in [0.15, 0.2) is 42.5 Å². The summed E-state index contributed by atoms with van der Waals surface area (Å²) in [4.78, 5) is 0. The average Bonchev–Trinajstić information content (AvgIpc) is 2.89. The Labute approximate surface area is 148 Å². The highest BCUT2D eigenvalue weighted by Crippen LogP contribution is 2.32. The van der Waals surface area contributed by atoms with Crippen LogP contribution in [0.4, 0.5) is 0 Å². The van der Waals surface area contributed by atoms with Crippen LogP contribution in [0, 0.1) is 5.92 Å². The van der Waals surface area contributed by atoms with Gasteiger partial charge in [-0.3, -0.25) is 0 Å². The van der Waals surface area contributed by atoms with Crippen LogP contribution in [-0.2, 0) is 16.1 Å². The van der Waals surface area contributed by atoms with Gasteiger partial charge in [0.1, 0.15) is 0 Å². The fourth-order valence-corrected chi connectivity index (χ4v) is 3.54. The molecule has 2 rings (SSSR count). The molecule has 0 radical (unpaired) electrons. The Bertz CT molecular complexity index is 468. The lowest BCUT2D eigenvalue weighted by molar-refractivity contribution is 0.0302. The van der Waals surface area contributed by atoms with Gasteiger partial charge in [-0.15, -0.1) is 6.58 Å². The summed E-state index contributed by atoms with van der Waals surface area (Å²) < 4.78 is 11.9. The summed E-state index contributed by atoms with van der Waals surface area (Å²) in [7, 11) is 0. The van der Waals surface area contributed by atoms with Gasteiger partial charge in [-0.2, -0.15) is 0 Å². The van der Waals surface area contributed by atoms with Gasteiger partial charge in [-0.1, -0.05) is 62.1 Å². The normalized spacial score (nSPS) is 23.5. The molecule has 134 valence electrons. The minimum absolute atomic E-state index is 0.411. The van der Waals surface area contributed by atoms with E-state index in [-0.39, 0.29) is 0 Å². The lowest BCUT2D eigenvalue weighted by Gasteiger charge is -2.15. The van der Waals surface area contributed by atoms with E-state index in [1.54, 1.807) is 0 Å². The molecule has 2 nitrogen and oxygen atoms in total. The molecule has 0 amide bonds. The standard InChI is InChI=1S/C22H34O2/c1-18(2)15-21-16-19(3)22(24-21)13-9-4-5-10-14-23-17-20-11-7-6-8-12-20/h6-8,11-12,19,21-22H,1,4-5,9-10,13-17H2,2-3H3/t19-,21-,22-/m0/s1. The molecule has 1 aliphatic rings. The first kappa shape index (κ1) is 19.2. The summed E-state index contributed by atoms with van der Waals surface area (Å²) in [5.74, 6) is 0.698. The molecule has 1 aromatic carbocycles. The molecule has 0 aliphatic carbocycles. The second-order valence-corrected chi connectivity index (χ2v) is 7.41. The van der Waals surface area contributed by atoms with Gasteiger partial charge >= 0.3 is 0 Å². The third-order valence-electron chi connectivity index (χ3n) is 4.85. The van der Waals surface area contributed by atoms with E-state index in [1.165, 1.54) is 43.2 Å². The molecule has 3 atom stereocenters. The molecule has 0 bridgehead atoms. The Hall–Kier alpha value is -1.12. The molecular weight excluding hydrogens is 296 g/mol. The maximum atomic E-state index is 6.19. The number of ether oxygens (including phenoxy) is 2. The summed E-state index contributed by atoms with van der Waals surface area (Å²) in [5.41, 5.74) is 2.50. The minimum Gasteiger partial charge on any atom is -0.377 e. The van der Waals surface area contributed by atoms with Crippen LogP contribution < -0.4 is 0 Å². The first-order valence-corrected chi connectivity index (χ1v) is 9.56. The molecule has 1 heterocycles. The van der Waals surface area contributed by atoms with Gasteiger partial charge in [-0.05, 0) is 44.1 Å². The molecular formula is C22H34O2. The third kappa shape index (κ3) is 7.19. The number of rotatable bonds is 11. The Morgan fingerprint density at radius 3 is 2.67 bits per heavy atom. The molecule has 1 aliphatic heterocycles. The van der Waals surface area contributed by atoms with E-state index in [9.17, 15) is 0 Å². The molecule has 2 heteroatoms. The number of hydrogen-bond acceptors (Lipinski definition) is 2. The van der Waals surface area contributed by atoms with Gasteiger partial charge in [0.2, 0.25) is 0 Å². The zero-order valence-corrected chi connectivity index (χ0v) is 15.5. The van der Waals surface area contributed by atoms with Gasteiger partial charge in [0.25, 0.3) is 0 Å². The van der Waals surface area contributed by atoms with Gasteiger partial charge in [0.05, 0.1) is 18.8 Å². The summed E-state index contributed by atoms with van der Waals surface area (Å²) in [6.07, 6.45) is 9.28. The topological polar surface area (TPSA) is 18.5 Å². The maximum absolute atomic E-state index is 6.19. The highest BCUT2D eigenvalue weighted by atomic mass is 16.5. The molecule has 0 unspecified atom stereocenters. The van der Waals surface area contributed by atoms with Crippen LogP contribution in [0.25, 0.3) is 0 Å². The molecule has 1 fully saturated rings. The number of hydrogen-bond donors (Lipinski definition) is 0. The van der Waals surface area contributed by atoms with Crippen molar-refractivity contribution in [3.63, 3.8) is 0 Å². The maximum Gasteiger partial charge on any atom is 0.0716 e. The van der Waals surface area contributed by atoms with E-state index < -0.39 is 0 Å². The fraction of sp³-hybridized carbons (Fsp3) is 0.636. The van der Waals surface area contributed by atoms with Crippen LogP contribution in [0.2, 0.25) is 0 Å². The van der Waals surface area contributed by atoms with Crippen molar-refractivity contribution in [2.75, 3.05) is 6.61 Å². The predicted molar refractivity (Wildman–Crippen MR) is 101 cm³/mol. The number of unbranched alkanes of at least 4 members (excludes halogenated alkanes) is 3. The quantitative estimate of drug-likeness (QED) is 0.371. The van der Waals surface area contributed by atoms with Crippen molar-refractivity contribution < 1.29 is 9.47 Å². The van der Waals surface area contributed by atoms with E-state index in [2.05, 4.69) is 44.7 Å². The van der Waals surface area contributed by atoms with Crippen LogP contribution in [0.5, 0.6) is 0 Å². The summed E-state index contributed by atoms with van der Waals surface area (Å²) in [6.45, 7) is 10.0. The predicted octanol–water partition coefficient (Wildman–Crippen LogP) is 5.91. The molecule has 0 aromatic heterocycles. The van der Waals surface area contributed by atoms with Crippen molar-refractivity contribution in [2.24, 2.45) is 5.92 Å². The Morgan fingerprint density at radius 1 is 1.17 bits per heavy atom. The lowest BCUT2D eigenvalue weighted by atomic mass is 9.96. The van der Waals surface area contributed by atoms with Crippen LogP contribution in [-0.4, -0.2) is 18.8 Å². The first-order chi connectivity index (χ1) is 11.6. The van der Waals surface area contributed by atoms with Crippen LogP contribution in [0.3, 0.4) is 0 Å². The monoisotopic (exact) mass is 330 g/mol. The van der Waals surface area contributed by atoms with Gasteiger partial charge in [0, 0.05) is 6.61 Å². The van der Waals surface area contributed by atoms with Crippen molar-refractivity contribution in [1.29, 1.82) is 0 Å². The van der Waals surface area contributed by atoms with Crippen LogP contribution >= 0.6 is 0 Å². The molecule has 1 aromatic rings. The largest absolute Gasteiger partial charge is 0.377 e. The summed E-state index contributed by atoms with van der Waals surface area (Å²) in [6, 6.07) is 10.4. The Kier molecular flexibility index (Phi) is 8.55. The SMILES string of the molecule is C=C(C)C[C@H]1C[C@H](C)[C@H](CCCCCCOCc2ccccc2)O1. The van der Waals surface area contributed by atoms with E-state index in [0.29, 0.717) is 18.1 Å². The molecule has 24 heavy (non-hydrogen) atoms. The average molecular weight is 331 g/mol. The smallest absolute Gasteiger partial charge is 0.0716 e. The highest BCUT2D eigenvalue weighted by molar-refractivity contribution is 5.13. The van der Waals surface area contributed by atoms with Crippen molar-refractivity contribution in [1.82, 2.24) is 0 Å². The van der Waals surface area contributed by atoms with E-state index in [4.69, 9.17) is 9.47 Å². The van der Waals surface area contributed by atoms with Crippen molar-refractivity contribution in [3.05, 3.63) is 48.0 Å². The first-order valence-electron chi connectivity index (χ1n) is 9.56. The zero-order chi connectivity index (χ0) is 17.2. The molecule has 1 saturated heterocycles. The van der Waals surface area contributed by atoms with Crippen molar-refractivity contribution >= 4 is 0 Å². The van der Waals surface area contributed by atoms with E-state index in [1.807, 2.05) is 6.07 Å². The number of benzene rings is 1. The fourth-order valence-electron chi connectivity index (χ4n) is 3.54. The second kappa shape index (κ2) is 10.7. The van der Waals surface area contributed by atoms with Gasteiger partial charge in [0.15, 0.2) is 0 Å². The molecule has 0 saturated carbocycles. The van der Waals surface area contributed by atoms with Crippen LogP contribution in [0.1, 0.15) is 64.4 Å². The van der Waals surface area contributed by atoms with Gasteiger partial charge in [-0.25, -0.2) is 0 Å².